The van der Waals surface area contributed by atoms with Gasteiger partial charge < -0.3 is 0 Å². The van der Waals surface area contributed by atoms with Crippen LogP contribution in [0.15, 0.2) is 0 Å². The van der Waals surface area contributed by atoms with Crippen molar-refractivity contribution in [1.29, 1.82) is 0 Å². The van der Waals surface area contributed by atoms with Crippen molar-refractivity contribution in [2.45, 2.75) is 27.7 Å². The number of ketones is 1. The molecule has 3 nitrogen and oxygen atoms in total. The zero-order valence-electron chi connectivity index (χ0n) is 7.93. The van der Waals surface area contributed by atoms with Crippen LogP contribution in [-0.2, 0) is 0 Å². The van der Waals surface area contributed by atoms with Gasteiger partial charge in [-0.1, -0.05) is 13.8 Å². The minimum absolute atomic E-state index is 0.0417. The molecular formula is C9H14N2O. The van der Waals surface area contributed by atoms with Gasteiger partial charge >= 0.3 is 0 Å². The third-order valence-corrected chi connectivity index (χ3v) is 1.90. The first-order chi connectivity index (χ1) is 5.54. The molecule has 0 bridgehead atoms. The fraction of sp³-hybridized carbons (Fsp3) is 0.556. The third-order valence-electron chi connectivity index (χ3n) is 1.90. The van der Waals surface area contributed by atoms with E-state index in [0.29, 0.717) is 0 Å². The van der Waals surface area contributed by atoms with Gasteiger partial charge in [0.1, 0.15) is 0 Å². The molecule has 3 heteroatoms. The molecule has 12 heavy (non-hydrogen) atoms. The monoisotopic (exact) mass is 166 g/mol. The summed E-state index contributed by atoms with van der Waals surface area (Å²) in [6, 6.07) is 0. The van der Waals surface area contributed by atoms with Crippen molar-refractivity contribution in [3.05, 3.63) is 17.0 Å². The number of H-pyrrole nitrogens is 1. The first-order valence-corrected chi connectivity index (χ1v) is 4.09. The number of carbonyl (C=O) groups excluding carboxylic acids is 1. The lowest BCUT2D eigenvalue weighted by Gasteiger charge is -2.02. The lowest BCUT2D eigenvalue weighted by Crippen LogP contribution is -2.09. The summed E-state index contributed by atoms with van der Waals surface area (Å²) in [6.45, 7) is 7.51. The van der Waals surface area contributed by atoms with Crippen molar-refractivity contribution in [1.82, 2.24) is 10.2 Å². The molecule has 0 aliphatic heterocycles. The Hall–Kier alpha value is -1.12. The van der Waals surface area contributed by atoms with Gasteiger partial charge in [-0.2, -0.15) is 5.10 Å². The molecule has 0 aromatic carbocycles. The van der Waals surface area contributed by atoms with Crippen molar-refractivity contribution in [2.75, 3.05) is 0 Å². The Morgan fingerprint density at radius 1 is 1.42 bits per heavy atom. The van der Waals surface area contributed by atoms with Crippen LogP contribution in [0.2, 0.25) is 0 Å². The molecule has 1 N–H and O–H groups in total. The number of hydrogen-bond acceptors (Lipinski definition) is 2. The van der Waals surface area contributed by atoms with E-state index < -0.39 is 0 Å². The van der Waals surface area contributed by atoms with E-state index in [2.05, 4.69) is 10.2 Å². The van der Waals surface area contributed by atoms with Crippen LogP contribution >= 0.6 is 0 Å². The number of nitrogens with one attached hydrogen (secondary N) is 1. The van der Waals surface area contributed by atoms with Crippen LogP contribution in [-0.4, -0.2) is 16.0 Å². The highest BCUT2D eigenvalue weighted by Gasteiger charge is 2.17. The Bertz CT molecular complexity index is 280. The van der Waals surface area contributed by atoms with E-state index in [1.54, 1.807) is 0 Å². The van der Waals surface area contributed by atoms with Crippen LogP contribution in [0.4, 0.5) is 0 Å². The van der Waals surface area contributed by atoms with Crippen molar-refractivity contribution < 1.29 is 4.79 Å². The van der Waals surface area contributed by atoms with E-state index in [-0.39, 0.29) is 11.7 Å². The van der Waals surface area contributed by atoms with E-state index in [1.807, 2.05) is 27.7 Å². The molecule has 0 unspecified atom stereocenters. The lowest BCUT2D eigenvalue weighted by atomic mass is 10.00. The Balaban J connectivity index is 3.09. The van der Waals surface area contributed by atoms with E-state index in [9.17, 15) is 4.79 Å². The summed E-state index contributed by atoms with van der Waals surface area (Å²) in [4.78, 5) is 11.6. The molecule has 0 fully saturated rings. The molecule has 0 radical (unpaired) electrons. The molecule has 0 saturated heterocycles. The predicted octanol–water partition coefficient (Wildman–Crippen LogP) is 1.87. The quantitative estimate of drug-likeness (QED) is 0.681. The predicted molar refractivity (Wildman–Crippen MR) is 47.2 cm³/mol. The van der Waals surface area contributed by atoms with Crippen LogP contribution in [0.25, 0.3) is 0 Å². The molecule has 66 valence electrons. The second-order valence-electron chi connectivity index (χ2n) is 3.33. The zero-order chi connectivity index (χ0) is 9.30. The van der Waals surface area contributed by atoms with Gasteiger partial charge in [-0.25, -0.2) is 0 Å². The van der Waals surface area contributed by atoms with Crippen molar-refractivity contribution in [2.24, 2.45) is 5.92 Å². The summed E-state index contributed by atoms with van der Waals surface area (Å²) in [7, 11) is 0. The first kappa shape index (κ1) is 8.97. The Morgan fingerprint density at radius 2 is 2.00 bits per heavy atom. The number of rotatable bonds is 2. The highest BCUT2D eigenvalue weighted by Crippen LogP contribution is 2.14. The first-order valence-electron chi connectivity index (χ1n) is 4.09. The minimum atomic E-state index is 0.0417. The van der Waals surface area contributed by atoms with Gasteiger partial charge in [-0.05, 0) is 13.8 Å². The molecule has 0 spiro atoms. The average molecular weight is 166 g/mol. The van der Waals surface area contributed by atoms with E-state index >= 15 is 0 Å². The third kappa shape index (κ3) is 1.40. The molecule has 1 heterocycles. The molecule has 1 rings (SSSR count). The second kappa shape index (κ2) is 3.09. The number of Topliss-reactive ketones (excluding diaryl/α,β-unsaturated/α-hetero) is 1. The van der Waals surface area contributed by atoms with Crippen molar-refractivity contribution in [3.63, 3.8) is 0 Å². The highest BCUT2D eigenvalue weighted by atomic mass is 16.1. The van der Waals surface area contributed by atoms with Gasteiger partial charge in [0, 0.05) is 11.6 Å². The summed E-state index contributed by atoms with van der Waals surface area (Å²) in [6.07, 6.45) is 0. The van der Waals surface area contributed by atoms with Gasteiger partial charge in [0.05, 0.1) is 11.3 Å². The van der Waals surface area contributed by atoms with Crippen LogP contribution in [0.3, 0.4) is 0 Å². The topological polar surface area (TPSA) is 45.8 Å². The Kier molecular flexibility index (Phi) is 2.31. The zero-order valence-corrected chi connectivity index (χ0v) is 7.93. The number of carbonyl (C=O) groups is 1. The molecule has 0 aliphatic carbocycles. The number of aromatic amines is 1. The largest absolute Gasteiger partial charge is 0.294 e. The summed E-state index contributed by atoms with van der Waals surface area (Å²) in [5, 5.41) is 6.78. The fourth-order valence-corrected chi connectivity index (χ4v) is 1.20. The average Bonchev–Trinajstić information content (AvgIpc) is 2.30. The molecule has 1 aromatic rings. The second-order valence-corrected chi connectivity index (χ2v) is 3.33. The maximum absolute atomic E-state index is 11.6. The van der Waals surface area contributed by atoms with E-state index in [0.717, 1.165) is 17.0 Å². The fourth-order valence-electron chi connectivity index (χ4n) is 1.20. The number of nitrogens with zero attached hydrogens (tertiary/aromatic N) is 1. The molecule has 0 atom stereocenters. The summed E-state index contributed by atoms with van der Waals surface area (Å²) in [5.41, 5.74) is 2.42. The van der Waals surface area contributed by atoms with Crippen molar-refractivity contribution in [3.8, 4) is 0 Å². The summed E-state index contributed by atoms with van der Waals surface area (Å²) in [5.74, 6) is 0.207. The van der Waals surface area contributed by atoms with Crippen LogP contribution in [0.5, 0.6) is 0 Å². The van der Waals surface area contributed by atoms with Gasteiger partial charge in [0.2, 0.25) is 0 Å². The van der Waals surface area contributed by atoms with Gasteiger partial charge in [-0.15, -0.1) is 0 Å². The molecule has 0 amide bonds. The smallest absolute Gasteiger partial charge is 0.169 e. The number of aryl methyl sites for hydroxylation is 2. The van der Waals surface area contributed by atoms with E-state index in [1.165, 1.54) is 0 Å². The summed E-state index contributed by atoms with van der Waals surface area (Å²) >= 11 is 0. The lowest BCUT2D eigenvalue weighted by molar-refractivity contribution is 0.0938. The number of hydrogen-bond donors (Lipinski definition) is 1. The molecule has 0 aliphatic rings. The van der Waals surface area contributed by atoms with Crippen LogP contribution in [0.1, 0.15) is 35.6 Å². The Morgan fingerprint density at radius 3 is 2.33 bits per heavy atom. The maximum atomic E-state index is 11.6. The molecule has 1 aromatic heterocycles. The standard InChI is InChI=1S/C9H14N2O/c1-5(2)9(12)8-6(3)10-11-7(8)4/h5H,1-4H3,(H,10,11). The van der Waals surface area contributed by atoms with Crippen molar-refractivity contribution >= 4 is 5.78 Å². The van der Waals surface area contributed by atoms with Gasteiger partial charge in [0.25, 0.3) is 0 Å². The highest BCUT2D eigenvalue weighted by molar-refractivity contribution is 5.99. The van der Waals surface area contributed by atoms with Gasteiger partial charge in [0.15, 0.2) is 5.78 Å². The molecule has 0 saturated carbocycles. The molecular weight excluding hydrogens is 152 g/mol. The van der Waals surface area contributed by atoms with Gasteiger partial charge in [-0.3, -0.25) is 9.89 Å². The maximum Gasteiger partial charge on any atom is 0.169 e. The van der Waals surface area contributed by atoms with E-state index in [4.69, 9.17) is 0 Å². The summed E-state index contributed by atoms with van der Waals surface area (Å²) < 4.78 is 0. The minimum Gasteiger partial charge on any atom is -0.294 e. The normalized spacial score (nSPS) is 10.8. The van der Waals surface area contributed by atoms with Crippen LogP contribution in [0, 0.1) is 19.8 Å². The number of aromatic nitrogens is 2. The van der Waals surface area contributed by atoms with Crippen LogP contribution < -0.4 is 0 Å². The Labute approximate surface area is 72.2 Å². The SMILES string of the molecule is Cc1n[nH]c(C)c1C(=O)C(C)C.